The molecule has 3 aromatic carbocycles. The number of halogens is 1. The molecule has 0 bridgehead atoms. The van der Waals surface area contributed by atoms with Gasteiger partial charge < -0.3 is 30.0 Å². The quantitative estimate of drug-likeness (QED) is 0.293. The molecule has 3 aromatic rings. The molecule has 234 valence electrons. The average molecular weight is 620 g/mol. The summed E-state index contributed by atoms with van der Waals surface area (Å²) in [5, 5.41) is 14.5. The number of nitrogens with one attached hydrogen (secondary N) is 2. The number of para-hydroxylation sites is 2. The lowest BCUT2D eigenvalue weighted by Gasteiger charge is -2.28. The number of aryl methyl sites for hydroxylation is 1. The number of carboxylic acids is 1. The minimum Gasteiger partial charge on any atom is -0.497 e. The normalized spacial score (nSPS) is 17.4. The van der Waals surface area contributed by atoms with Gasteiger partial charge in [0.1, 0.15) is 36.2 Å². The third-order valence-electron chi connectivity index (χ3n) is 7.56. The van der Waals surface area contributed by atoms with Gasteiger partial charge in [0.2, 0.25) is 11.8 Å². The molecule has 3 amide bonds. The van der Waals surface area contributed by atoms with Crippen LogP contribution in [0.15, 0.2) is 66.7 Å². The van der Waals surface area contributed by atoms with Crippen molar-refractivity contribution in [1.29, 1.82) is 0 Å². The second-order valence-corrected chi connectivity index (χ2v) is 10.5. The van der Waals surface area contributed by atoms with Crippen molar-refractivity contribution >= 4 is 35.3 Å². The Labute approximate surface area is 257 Å². The minimum atomic E-state index is -1.51. The summed E-state index contributed by atoms with van der Waals surface area (Å²) >= 11 is 0. The maximum atomic E-state index is 14.0. The molecule has 12 nitrogen and oxygen atoms in total. The summed E-state index contributed by atoms with van der Waals surface area (Å²) in [5.41, 5.74) is 2.05. The number of Topliss-reactive ketones (excluding diaryl/α,β-unsaturated/α-hetero) is 1. The van der Waals surface area contributed by atoms with E-state index in [0.29, 0.717) is 23.4 Å². The second kappa shape index (κ2) is 13.5. The first-order valence-corrected chi connectivity index (χ1v) is 14.1. The molecule has 0 saturated heterocycles. The number of anilines is 1. The fourth-order valence-electron chi connectivity index (χ4n) is 5.40. The highest BCUT2D eigenvalue weighted by molar-refractivity contribution is 6.08. The van der Waals surface area contributed by atoms with Crippen LogP contribution in [0.2, 0.25) is 0 Å². The van der Waals surface area contributed by atoms with E-state index in [2.05, 4.69) is 10.6 Å². The maximum absolute atomic E-state index is 14.0. The summed E-state index contributed by atoms with van der Waals surface area (Å²) in [5.74, 6) is -3.60. The molecule has 3 N–H and O–H groups in total. The number of benzene rings is 3. The van der Waals surface area contributed by atoms with Crippen LogP contribution >= 0.6 is 0 Å². The van der Waals surface area contributed by atoms with Gasteiger partial charge in [-0.25, -0.2) is 9.18 Å². The number of aliphatic carboxylic acids is 1. The molecule has 2 aliphatic heterocycles. The maximum Gasteiger partial charge on any atom is 0.413 e. The molecule has 2 aliphatic rings. The highest BCUT2D eigenvalue weighted by Gasteiger charge is 2.45. The number of ether oxygens (including phenoxy) is 3. The predicted molar refractivity (Wildman–Crippen MR) is 157 cm³/mol. The Morgan fingerprint density at radius 2 is 1.71 bits per heavy atom. The van der Waals surface area contributed by atoms with Crippen molar-refractivity contribution in [3.8, 4) is 17.2 Å². The summed E-state index contributed by atoms with van der Waals surface area (Å²) < 4.78 is 29.6. The van der Waals surface area contributed by atoms with Gasteiger partial charge in [0.05, 0.1) is 19.2 Å². The summed E-state index contributed by atoms with van der Waals surface area (Å²) in [4.78, 5) is 66.1. The number of rotatable bonds is 11. The van der Waals surface area contributed by atoms with Gasteiger partial charge in [0, 0.05) is 6.42 Å². The van der Waals surface area contributed by atoms with Crippen LogP contribution in [0.4, 0.5) is 14.9 Å². The van der Waals surface area contributed by atoms with Crippen molar-refractivity contribution in [3.05, 3.63) is 83.7 Å². The number of methoxy groups -OCH3 is 1. The molecule has 3 atom stereocenters. The predicted octanol–water partition coefficient (Wildman–Crippen LogP) is 2.80. The van der Waals surface area contributed by atoms with Gasteiger partial charge in [-0.1, -0.05) is 30.3 Å². The summed E-state index contributed by atoms with van der Waals surface area (Å²) in [7, 11) is 1.50. The van der Waals surface area contributed by atoms with E-state index in [1.54, 1.807) is 24.3 Å². The molecular weight excluding hydrogens is 589 g/mol. The van der Waals surface area contributed by atoms with E-state index >= 15 is 0 Å². The van der Waals surface area contributed by atoms with Gasteiger partial charge in [0.25, 0.3) is 0 Å². The molecule has 0 aromatic heterocycles. The van der Waals surface area contributed by atoms with Crippen LogP contribution in [0.25, 0.3) is 0 Å². The Bertz CT molecular complexity index is 1630. The van der Waals surface area contributed by atoms with Crippen LogP contribution in [0.5, 0.6) is 17.2 Å². The largest absolute Gasteiger partial charge is 0.497 e. The fraction of sp³-hybridized carbons (Fsp3) is 0.281. The molecule has 0 fully saturated rings. The Kier molecular flexibility index (Phi) is 9.26. The number of amides is 3. The smallest absolute Gasteiger partial charge is 0.413 e. The van der Waals surface area contributed by atoms with Gasteiger partial charge in [0.15, 0.2) is 17.3 Å². The standard InChI is InChI=1S/C32H30FN3O9/c1-43-20-10-12-21(13-11-20)45-32(42)35-23-14-9-18-5-4-6-19-15-25(36(29(18)19)31(23)41)30(40)34-24(16-28(38)39)26(37)17-44-27-8-3-2-7-22(27)33/h2-8,10-13,23-25H,9,14-17H2,1H3,(H,34,40)(H,35,42)(H,38,39). The summed E-state index contributed by atoms with van der Waals surface area (Å²) in [6.07, 6.45) is -0.882. The Morgan fingerprint density at radius 1 is 1.00 bits per heavy atom. The van der Waals surface area contributed by atoms with Crippen molar-refractivity contribution in [3.63, 3.8) is 0 Å². The number of nitrogens with zero attached hydrogens (tertiary/aromatic N) is 1. The number of hydrogen-bond donors (Lipinski definition) is 3. The molecule has 5 rings (SSSR count). The molecule has 45 heavy (non-hydrogen) atoms. The Hall–Kier alpha value is -5.46. The van der Waals surface area contributed by atoms with Gasteiger partial charge in [-0.15, -0.1) is 0 Å². The van der Waals surface area contributed by atoms with Crippen LogP contribution < -0.4 is 29.7 Å². The van der Waals surface area contributed by atoms with E-state index in [9.17, 15) is 33.5 Å². The number of carbonyl (C=O) groups is 5. The van der Waals surface area contributed by atoms with Crippen LogP contribution in [-0.2, 0) is 32.0 Å². The van der Waals surface area contributed by atoms with E-state index in [1.807, 2.05) is 6.07 Å². The molecule has 2 heterocycles. The van der Waals surface area contributed by atoms with Crippen LogP contribution in [-0.4, -0.2) is 66.6 Å². The van der Waals surface area contributed by atoms with E-state index in [4.69, 9.17) is 14.2 Å². The van der Waals surface area contributed by atoms with Gasteiger partial charge in [-0.3, -0.25) is 24.1 Å². The van der Waals surface area contributed by atoms with Crippen LogP contribution in [0.3, 0.4) is 0 Å². The number of ketones is 1. The number of hydrogen-bond acceptors (Lipinski definition) is 8. The first-order chi connectivity index (χ1) is 21.6. The topological polar surface area (TPSA) is 161 Å². The van der Waals surface area contributed by atoms with E-state index in [-0.39, 0.29) is 24.3 Å². The van der Waals surface area contributed by atoms with E-state index in [1.165, 1.54) is 42.3 Å². The summed E-state index contributed by atoms with van der Waals surface area (Å²) in [6.45, 7) is -0.695. The highest BCUT2D eigenvalue weighted by atomic mass is 19.1. The molecule has 0 radical (unpaired) electrons. The zero-order valence-corrected chi connectivity index (χ0v) is 24.2. The van der Waals surface area contributed by atoms with Crippen LogP contribution in [0.1, 0.15) is 24.0 Å². The fourth-order valence-corrected chi connectivity index (χ4v) is 5.40. The molecule has 0 aliphatic carbocycles. The Morgan fingerprint density at radius 3 is 2.42 bits per heavy atom. The van der Waals surface area contributed by atoms with Crippen LogP contribution in [0, 0.1) is 5.82 Å². The third-order valence-corrected chi connectivity index (χ3v) is 7.56. The van der Waals surface area contributed by atoms with Crippen molar-refractivity contribution in [2.75, 3.05) is 18.6 Å². The zero-order valence-electron chi connectivity index (χ0n) is 24.2. The van der Waals surface area contributed by atoms with Crippen molar-refractivity contribution in [2.24, 2.45) is 0 Å². The SMILES string of the molecule is COc1ccc(OC(=O)NC2CCc3cccc4c3N(C2=O)C(C(=O)NC(CC(=O)O)C(=O)COc2ccccc2F)C4)cc1. The first kappa shape index (κ1) is 31.0. The third kappa shape index (κ3) is 7.03. The molecular formula is C32H30FN3O9. The summed E-state index contributed by atoms with van der Waals surface area (Å²) in [6, 6.07) is 13.4. The zero-order chi connectivity index (χ0) is 32.1. The van der Waals surface area contributed by atoms with Crippen molar-refractivity contribution < 1.29 is 47.7 Å². The van der Waals surface area contributed by atoms with Gasteiger partial charge in [-0.2, -0.15) is 0 Å². The number of carbonyl (C=O) groups excluding carboxylic acids is 4. The monoisotopic (exact) mass is 619 g/mol. The van der Waals surface area contributed by atoms with Crippen molar-refractivity contribution in [1.82, 2.24) is 10.6 Å². The highest BCUT2D eigenvalue weighted by Crippen LogP contribution is 2.39. The van der Waals surface area contributed by atoms with E-state index < -0.39 is 66.6 Å². The Balaban J connectivity index is 1.32. The lowest BCUT2D eigenvalue weighted by molar-refractivity contribution is -0.140. The number of carboxylic acid groups (broad SMARTS) is 1. The minimum absolute atomic E-state index is 0.101. The van der Waals surface area contributed by atoms with Gasteiger partial charge in [-0.05, 0) is 60.4 Å². The second-order valence-electron chi connectivity index (χ2n) is 10.5. The molecule has 0 saturated carbocycles. The molecule has 13 heteroatoms. The van der Waals surface area contributed by atoms with E-state index in [0.717, 1.165) is 11.6 Å². The average Bonchev–Trinajstić information content (AvgIpc) is 3.36. The first-order valence-electron chi connectivity index (χ1n) is 14.1. The molecule has 3 unspecified atom stereocenters. The van der Waals surface area contributed by atoms with Crippen molar-refractivity contribution in [2.45, 2.75) is 43.8 Å². The lowest BCUT2D eigenvalue weighted by Crippen LogP contribution is -2.57. The van der Waals surface area contributed by atoms with Gasteiger partial charge >= 0.3 is 12.1 Å². The lowest BCUT2D eigenvalue weighted by atomic mass is 10.0. The molecule has 0 spiro atoms.